The number of rotatable bonds is 4. The molecule has 2 rings (SSSR count). The monoisotopic (exact) mass is 303 g/mol. The van der Waals surface area contributed by atoms with E-state index >= 15 is 0 Å². The largest absolute Gasteiger partial charge is 0.355 e. The van der Waals surface area contributed by atoms with Gasteiger partial charge in [0, 0.05) is 15.8 Å². The average Bonchev–Trinajstić information content (AvgIpc) is 2.41. The van der Waals surface area contributed by atoms with Crippen molar-refractivity contribution in [2.75, 3.05) is 5.32 Å². The zero-order valence-electron chi connectivity index (χ0n) is 10.8. The Labute approximate surface area is 117 Å². The lowest BCUT2D eigenvalue weighted by molar-refractivity contribution is 0.735. The third-order valence-electron chi connectivity index (χ3n) is 3.23. The van der Waals surface area contributed by atoms with Crippen molar-refractivity contribution >= 4 is 27.3 Å². The van der Waals surface area contributed by atoms with Crippen LogP contribution in [-0.4, -0.2) is 0 Å². The zero-order valence-corrected chi connectivity index (χ0v) is 12.4. The number of anilines is 2. The van der Waals surface area contributed by atoms with Crippen LogP contribution in [0.1, 0.15) is 31.7 Å². The number of halogens is 1. The topological polar surface area (TPSA) is 12.0 Å². The summed E-state index contributed by atoms with van der Waals surface area (Å²) in [6.45, 7) is 4.49. The molecule has 2 aromatic rings. The highest BCUT2D eigenvalue weighted by Gasteiger charge is 2.08. The van der Waals surface area contributed by atoms with E-state index in [0.29, 0.717) is 5.92 Å². The molecule has 1 nitrogen and oxygen atoms in total. The van der Waals surface area contributed by atoms with E-state index in [9.17, 15) is 0 Å². The summed E-state index contributed by atoms with van der Waals surface area (Å²) in [6, 6.07) is 16.8. The smallest absolute Gasteiger partial charge is 0.0419 e. The van der Waals surface area contributed by atoms with Gasteiger partial charge in [-0.1, -0.05) is 48.0 Å². The third-order valence-corrected chi connectivity index (χ3v) is 3.76. The Balaban J connectivity index is 2.26. The quantitative estimate of drug-likeness (QED) is 0.763. The van der Waals surface area contributed by atoms with Gasteiger partial charge in [0.05, 0.1) is 0 Å². The van der Waals surface area contributed by atoms with Crippen LogP contribution >= 0.6 is 15.9 Å². The lowest BCUT2D eigenvalue weighted by Gasteiger charge is -2.16. The first-order valence-corrected chi connectivity index (χ1v) is 7.11. The highest BCUT2D eigenvalue weighted by Crippen LogP contribution is 2.29. The molecule has 1 atom stereocenters. The van der Waals surface area contributed by atoms with Crippen LogP contribution in [0.25, 0.3) is 0 Å². The van der Waals surface area contributed by atoms with Gasteiger partial charge in [0.25, 0.3) is 0 Å². The van der Waals surface area contributed by atoms with Crippen molar-refractivity contribution < 1.29 is 0 Å². The molecule has 2 heteroatoms. The zero-order chi connectivity index (χ0) is 13.0. The van der Waals surface area contributed by atoms with E-state index < -0.39 is 0 Å². The van der Waals surface area contributed by atoms with Crippen LogP contribution in [0.15, 0.2) is 53.0 Å². The minimum Gasteiger partial charge on any atom is -0.355 e. The first-order chi connectivity index (χ1) is 8.70. The van der Waals surface area contributed by atoms with Gasteiger partial charge in [-0.3, -0.25) is 0 Å². The highest BCUT2D eigenvalue weighted by atomic mass is 79.9. The molecule has 0 radical (unpaired) electrons. The lowest BCUT2D eigenvalue weighted by Crippen LogP contribution is -1.99. The maximum absolute atomic E-state index is 3.49. The average molecular weight is 304 g/mol. The molecule has 0 aliphatic rings. The molecule has 18 heavy (non-hydrogen) atoms. The van der Waals surface area contributed by atoms with E-state index in [1.807, 2.05) is 12.1 Å². The standard InChI is InChI=1S/C16H18BrN/c1-3-12(2)15-6-4-5-7-16(15)18-14-10-8-13(17)9-11-14/h4-12,18H,3H2,1-2H3. The second-order valence-corrected chi connectivity index (χ2v) is 5.44. The number of nitrogens with one attached hydrogen (secondary N) is 1. The van der Waals surface area contributed by atoms with E-state index in [0.717, 1.165) is 16.6 Å². The normalized spacial score (nSPS) is 12.2. The molecule has 1 N–H and O–H groups in total. The fraction of sp³-hybridized carbons (Fsp3) is 0.250. The van der Waals surface area contributed by atoms with E-state index in [1.165, 1.54) is 11.3 Å². The summed E-state index contributed by atoms with van der Waals surface area (Å²) in [5.74, 6) is 0.573. The van der Waals surface area contributed by atoms with Gasteiger partial charge in [-0.25, -0.2) is 0 Å². The van der Waals surface area contributed by atoms with Crippen molar-refractivity contribution in [3.8, 4) is 0 Å². The van der Waals surface area contributed by atoms with Crippen LogP contribution < -0.4 is 5.32 Å². The van der Waals surface area contributed by atoms with Crippen LogP contribution in [0.5, 0.6) is 0 Å². The van der Waals surface area contributed by atoms with Gasteiger partial charge in [-0.05, 0) is 48.2 Å². The van der Waals surface area contributed by atoms with Gasteiger partial charge in [0.2, 0.25) is 0 Å². The van der Waals surface area contributed by atoms with Crippen LogP contribution in [-0.2, 0) is 0 Å². The Bertz CT molecular complexity index is 505. The molecule has 0 fully saturated rings. The molecular weight excluding hydrogens is 286 g/mol. The number of hydrogen-bond acceptors (Lipinski definition) is 1. The SMILES string of the molecule is CCC(C)c1ccccc1Nc1ccc(Br)cc1. The lowest BCUT2D eigenvalue weighted by atomic mass is 9.97. The molecule has 0 saturated carbocycles. The first kappa shape index (κ1) is 13.2. The third kappa shape index (κ3) is 3.14. The molecule has 0 saturated heterocycles. The Morgan fingerprint density at radius 3 is 2.39 bits per heavy atom. The minimum atomic E-state index is 0.573. The van der Waals surface area contributed by atoms with Crippen molar-refractivity contribution in [2.24, 2.45) is 0 Å². The highest BCUT2D eigenvalue weighted by molar-refractivity contribution is 9.10. The molecule has 0 aromatic heterocycles. The molecule has 0 spiro atoms. The van der Waals surface area contributed by atoms with E-state index in [2.05, 4.69) is 71.5 Å². The van der Waals surface area contributed by atoms with E-state index in [4.69, 9.17) is 0 Å². The van der Waals surface area contributed by atoms with Crippen molar-refractivity contribution in [3.05, 3.63) is 58.6 Å². The van der Waals surface area contributed by atoms with E-state index in [-0.39, 0.29) is 0 Å². The maximum atomic E-state index is 3.49. The second kappa shape index (κ2) is 6.05. The molecule has 94 valence electrons. The van der Waals surface area contributed by atoms with Crippen molar-refractivity contribution in [1.82, 2.24) is 0 Å². The summed E-state index contributed by atoms with van der Waals surface area (Å²) in [5.41, 5.74) is 3.70. The fourth-order valence-electron chi connectivity index (χ4n) is 1.95. The summed E-state index contributed by atoms with van der Waals surface area (Å²) >= 11 is 3.45. The van der Waals surface area contributed by atoms with Crippen molar-refractivity contribution in [1.29, 1.82) is 0 Å². The molecule has 0 heterocycles. The summed E-state index contributed by atoms with van der Waals surface area (Å²) in [4.78, 5) is 0. The summed E-state index contributed by atoms with van der Waals surface area (Å²) in [7, 11) is 0. The summed E-state index contributed by atoms with van der Waals surface area (Å²) in [5, 5.41) is 3.49. The number of para-hydroxylation sites is 1. The fourth-order valence-corrected chi connectivity index (χ4v) is 2.21. The molecule has 1 unspecified atom stereocenters. The van der Waals surface area contributed by atoms with Crippen LogP contribution in [0.3, 0.4) is 0 Å². The van der Waals surface area contributed by atoms with Crippen LogP contribution in [0.4, 0.5) is 11.4 Å². The Morgan fingerprint density at radius 2 is 1.72 bits per heavy atom. The van der Waals surface area contributed by atoms with Crippen LogP contribution in [0.2, 0.25) is 0 Å². The van der Waals surface area contributed by atoms with E-state index in [1.54, 1.807) is 0 Å². The minimum absolute atomic E-state index is 0.573. The van der Waals surface area contributed by atoms with Gasteiger partial charge in [-0.2, -0.15) is 0 Å². The molecule has 0 aliphatic heterocycles. The summed E-state index contributed by atoms with van der Waals surface area (Å²) < 4.78 is 1.10. The molecule has 0 bridgehead atoms. The van der Waals surface area contributed by atoms with Crippen LogP contribution in [0, 0.1) is 0 Å². The number of benzene rings is 2. The molecule has 2 aromatic carbocycles. The van der Waals surface area contributed by atoms with Gasteiger partial charge >= 0.3 is 0 Å². The van der Waals surface area contributed by atoms with Crippen molar-refractivity contribution in [3.63, 3.8) is 0 Å². The predicted octanol–water partition coefficient (Wildman–Crippen LogP) is 5.71. The molecule has 0 amide bonds. The van der Waals surface area contributed by atoms with Crippen molar-refractivity contribution in [2.45, 2.75) is 26.2 Å². The summed E-state index contributed by atoms with van der Waals surface area (Å²) in [6.07, 6.45) is 1.15. The maximum Gasteiger partial charge on any atom is 0.0419 e. The Kier molecular flexibility index (Phi) is 4.43. The van der Waals surface area contributed by atoms with Gasteiger partial charge < -0.3 is 5.32 Å². The second-order valence-electron chi connectivity index (χ2n) is 4.53. The predicted molar refractivity (Wildman–Crippen MR) is 82.6 cm³/mol. The Hall–Kier alpha value is -1.28. The van der Waals surface area contributed by atoms with Gasteiger partial charge in [0.15, 0.2) is 0 Å². The molecular formula is C16H18BrN. The number of hydrogen-bond donors (Lipinski definition) is 1. The molecule has 0 aliphatic carbocycles. The Morgan fingerprint density at radius 1 is 1.06 bits per heavy atom. The first-order valence-electron chi connectivity index (χ1n) is 6.32. The van der Waals surface area contributed by atoms with Gasteiger partial charge in [0.1, 0.15) is 0 Å². The van der Waals surface area contributed by atoms with Gasteiger partial charge in [-0.15, -0.1) is 0 Å².